The van der Waals surface area contributed by atoms with Crippen molar-refractivity contribution in [3.63, 3.8) is 0 Å². The van der Waals surface area contributed by atoms with Crippen LogP contribution < -0.4 is 4.74 Å². The SMILES string of the molecule is C#Cc1cc(C=O)cc(F)c1OC. The number of halogens is 1. The van der Waals surface area contributed by atoms with Crippen molar-refractivity contribution >= 4 is 6.29 Å². The Morgan fingerprint density at radius 1 is 1.62 bits per heavy atom. The number of hydrogen-bond acceptors (Lipinski definition) is 2. The van der Waals surface area contributed by atoms with E-state index in [1.54, 1.807) is 0 Å². The second-order valence-electron chi connectivity index (χ2n) is 2.35. The average molecular weight is 178 g/mol. The van der Waals surface area contributed by atoms with Crippen LogP contribution in [0.2, 0.25) is 0 Å². The summed E-state index contributed by atoms with van der Waals surface area (Å²) in [5, 5.41) is 0. The quantitative estimate of drug-likeness (QED) is 0.508. The van der Waals surface area contributed by atoms with Gasteiger partial charge < -0.3 is 4.74 Å². The second-order valence-corrected chi connectivity index (χ2v) is 2.35. The van der Waals surface area contributed by atoms with Gasteiger partial charge in [-0.1, -0.05) is 5.92 Å². The molecule has 3 heteroatoms. The highest BCUT2D eigenvalue weighted by Gasteiger charge is 2.09. The molecule has 0 unspecified atom stereocenters. The van der Waals surface area contributed by atoms with Gasteiger partial charge in [0, 0.05) is 5.56 Å². The van der Waals surface area contributed by atoms with E-state index in [1.807, 2.05) is 0 Å². The minimum absolute atomic E-state index is 0.00639. The van der Waals surface area contributed by atoms with Crippen molar-refractivity contribution in [2.45, 2.75) is 0 Å². The molecule has 0 atom stereocenters. The molecule has 0 radical (unpaired) electrons. The van der Waals surface area contributed by atoms with Crippen LogP contribution in [0, 0.1) is 18.2 Å². The van der Waals surface area contributed by atoms with Gasteiger partial charge in [-0.2, -0.15) is 0 Å². The fourth-order valence-electron chi connectivity index (χ4n) is 0.997. The zero-order valence-corrected chi connectivity index (χ0v) is 7.00. The molecule has 0 saturated carbocycles. The number of hydrogen-bond donors (Lipinski definition) is 0. The van der Waals surface area contributed by atoms with Crippen molar-refractivity contribution in [3.8, 4) is 18.1 Å². The molecule has 1 rings (SSSR count). The molecule has 1 aromatic rings. The van der Waals surface area contributed by atoms with Gasteiger partial charge in [0.05, 0.1) is 12.7 Å². The summed E-state index contributed by atoms with van der Waals surface area (Å²) in [6.45, 7) is 0. The summed E-state index contributed by atoms with van der Waals surface area (Å²) in [6.07, 6.45) is 5.64. The Kier molecular flexibility index (Phi) is 2.65. The topological polar surface area (TPSA) is 26.3 Å². The number of carbonyl (C=O) groups is 1. The lowest BCUT2D eigenvalue weighted by molar-refractivity contribution is 0.112. The van der Waals surface area contributed by atoms with Gasteiger partial charge >= 0.3 is 0 Å². The Bertz CT molecular complexity index is 377. The van der Waals surface area contributed by atoms with Crippen molar-refractivity contribution in [2.75, 3.05) is 7.11 Å². The van der Waals surface area contributed by atoms with E-state index in [1.165, 1.54) is 13.2 Å². The number of aldehydes is 1. The van der Waals surface area contributed by atoms with Crippen molar-refractivity contribution in [1.29, 1.82) is 0 Å². The van der Waals surface area contributed by atoms with Crippen LogP contribution in [-0.2, 0) is 0 Å². The number of carbonyl (C=O) groups excluding carboxylic acids is 1. The van der Waals surface area contributed by atoms with Crippen molar-refractivity contribution < 1.29 is 13.9 Å². The minimum Gasteiger partial charge on any atom is -0.492 e. The highest BCUT2D eigenvalue weighted by Crippen LogP contribution is 2.22. The summed E-state index contributed by atoms with van der Waals surface area (Å²) in [4.78, 5) is 10.4. The first-order valence-electron chi connectivity index (χ1n) is 3.52. The Balaban J connectivity index is 3.39. The molecule has 0 N–H and O–H groups in total. The Labute approximate surface area is 75.3 Å². The molecule has 0 saturated heterocycles. The standard InChI is InChI=1S/C10H7FO2/c1-3-8-4-7(6-12)5-9(11)10(8)13-2/h1,4-6H,2H3. The summed E-state index contributed by atoms with van der Waals surface area (Å²) < 4.78 is 17.8. The van der Waals surface area contributed by atoms with E-state index >= 15 is 0 Å². The van der Waals surface area contributed by atoms with Crippen molar-refractivity contribution in [3.05, 3.63) is 29.1 Å². The van der Waals surface area contributed by atoms with Crippen LogP contribution in [0.5, 0.6) is 5.75 Å². The van der Waals surface area contributed by atoms with Gasteiger partial charge in [0.2, 0.25) is 0 Å². The highest BCUT2D eigenvalue weighted by molar-refractivity contribution is 5.76. The van der Waals surface area contributed by atoms with Gasteiger partial charge in [-0.25, -0.2) is 4.39 Å². The van der Waals surface area contributed by atoms with E-state index in [0.29, 0.717) is 6.29 Å². The first kappa shape index (κ1) is 9.27. The molecular weight excluding hydrogens is 171 g/mol. The summed E-state index contributed by atoms with van der Waals surface area (Å²) in [5.74, 6) is 1.61. The van der Waals surface area contributed by atoms with Crippen LogP contribution in [0.1, 0.15) is 15.9 Å². The molecule has 0 bridgehead atoms. The summed E-state index contributed by atoms with van der Waals surface area (Å²) in [5.41, 5.74) is 0.441. The van der Waals surface area contributed by atoms with Crippen LogP contribution in [-0.4, -0.2) is 13.4 Å². The van der Waals surface area contributed by atoms with Crippen LogP contribution in [0.25, 0.3) is 0 Å². The minimum atomic E-state index is -0.625. The zero-order chi connectivity index (χ0) is 9.84. The molecule has 0 aliphatic heterocycles. The predicted octanol–water partition coefficient (Wildman–Crippen LogP) is 1.63. The van der Waals surface area contributed by atoms with Crippen LogP contribution in [0.4, 0.5) is 4.39 Å². The fourth-order valence-corrected chi connectivity index (χ4v) is 0.997. The lowest BCUT2D eigenvalue weighted by Gasteiger charge is -2.04. The molecular formula is C10H7FO2. The number of rotatable bonds is 2. The van der Waals surface area contributed by atoms with Crippen molar-refractivity contribution in [1.82, 2.24) is 0 Å². The van der Waals surface area contributed by atoms with E-state index in [4.69, 9.17) is 11.2 Å². The summed E-state index contributed by atoms with van der Waals surface area (Å²) >= 11 is 0. The Morgan fingerprint density at radius 3 is 2.77 bits per heavy atom. The van der Waals surface area contributed by atoms with Crippen LogP contribution >= 0.6 is 0 Å². The number of ether oxygens (including phenoxy) is 1. The average Bonchev–Trinajstić information content (AvgIpc) is 2.16. The van der Waals surface area contributed by atoms with Gasteiger partial charge in [-0.15, -0.1) is 6.42 Å². The normalized spacial score (nSPS) is 9.00. The lowest BCUT2D eigenvalue weighted by atomic mass is 10.1. The van der Waals surface area contributed by atoms with Gasteiger partial charge in [-0.3, -0.25) is 4.79 Å². The van der Waals surface area contributed by atoms with Crippen molar-refractivity contribution in [2.24, 2.45) is 0 Å². The number of terminal acetylenes is 1. The van der Waals surface area contributed by atoms with E-state index < -0.39 is 5.82 Å². The summed E-state index contributed by atoms with van der Waals surface area (Å²) in [6, 6.07) is 2.47. The molecule has 66 valence electrons. The molecule has 1 aromatic carbocycles. The second kappa shape index (κ2) is 3.72. The van der Waals surface area contributed by atoms with Gasteiger partial charge in [-0.05, 0) is 12.1 Å². The first-order chi connectivity index (χ1) is 6.22. The van der Waals surface area contributed by atoms with Gasteiger partial charge in [0.1, 0.15) is 6.29 Å². The Morgan fingerprint density at radius 2 is 2.31 bits per heavy atom. The maximum Gasteiger partial charge on any atom is 0.170 e. The van der Waals surface area contributed by atoms with Gasteiger partial charge in [0.15, 0.2) is 11.6 Å². The molecule has 2 nitrogen and oxygen atoms in total. The Hall–Kier alpha value is -1.82. The van der Waals surface area contributed by atoms with Gasteiger partial charge in [0.25, 0.3) is 0 Å². The third-order valence-electron chi connectivity index (χ3n) is 1.56. The van der Waals surface area contributed by atoms with Crippen LogP contribution in [0.3, 0.4) is 0 Å². The third-order valence-corrected chi connectivity index (χ3v) is 1.56. The highest BCUT2D eigenvalue weighted by atomic mass is 19.1. The molecule has 0 aliphatic rings. The lowest BCUT2D eigenvalue weighted by Crippen LogP contribution is -1.94. The number of methoxy groups -OCH3 is 1. The van der Waals surface area contributed by atoms with E-state index in [-0.39, 0.29) is 16.9 Å². The smallest absolute Gasteiger partial charge is 0.170 e. The van der Waals surface area contributed by atoms with E-state index in [9.17, 15) is 9.18 Å². The molecule has 0 fully saturated rings. The molecule has 0 aliphatic carbocycles. The first-order valence-corrected chi connectivity index (χ1v) is 3.52. The maximum absolute atomic E-state index is 13.1. The molecule has 0 heterocycles. The molecule has 0 amide bonds. The predicted molar refractivity (Wildman–Crippen MR) is 46.3 cm³/mol. The molecule has 0 spiro atoms. The molecule has 13 heavy (non-hydrogen) atoms. The third kappa shape index (κ3) is 1.67. The summed E-state index contributed by atoms with van der Waals surface area (Å²) in [7, 11) is 1.32. The van der Waals surface area contributed by atoms with E-state index in [2.05, 4.69) is 5.92 Å². The number of benzene rings is 1. The maximum atomic E-state index is 13.1. The zero-order valence-electron chi connectivity index (χ0n) is 7.00. The monoisotopic (exact) mass is 178 g/mol. The largest absolute Gasteiger partial charge is 0.492 e. The van der Waals surface area contributed by atoms with E-state index in [0.717, 1.165) is 6.07 Å². The molecule has 0 aromatic heterocycles. The fraction of sp³-hybridized carbons (Fsp3) is 0.100. The van der Waals surface area contributed by atoms with Crippen LogP contribution in [0.15, 0.2) is 12.1 Å².